The quantitative estimate of drug-likeness (QED) is 0.0515. The molecule has 7 N–H and O–H groups in total. The van der Waals surface area contributed by atoms with E-state index in [-0.39, 0.29) is 49.3 Å². The summed E-state index contributed by atoms with van der Waals surface area (Å²) in [4.78, 5) is 83.6. The number of aromatic nitrogens is 1. The minimum Gasteiger partial charge on any atom is -0.465 e. The molecule has 0 bridgehead atoms. The molecule has 3 aromatic carbocycles. The number of hydrogen-bond donors (Lipinski definition) is 7. The van der Waals surface area contributed by atoms with Crippen LogP contribution in [-0.2, 0) is 25.7 Å². The summed E-state index contributed by atoms with van der Waals surface area (Å²) in [5.74, 6) is -1.64. The minimum absolute atomic E-state index is 0.00180. The number of carboxylic acid groups (broad SMARTS) is 1. The van der Waals surface area contributed by atoms with Gasteiger partial charge in [-0.2, -0.15) is 0 Å². The van der Waals surface area contributed by atoms with E-state index in [1.165, 1.54) is 11.0 Å². The Morgan fingerprint density at radius 3 is 2.05 bits per heavy atom. The van der Waals surface area contributed by atoms with Crippen LogP contribution in [0.1, 0.15) is 93.8 Å². The standard InChI is InChI=1S/C45H55N7O8S/c1-28-39(61-27-47-28)30-18-16-29(17-19-30)25-46-42(57)36-24-33(53)26-52(36)43(58)40(45(2,3)4)51-38(55)15-9-7-5-6-8-14-37(54)48-32-22-20-31(21-23-32)41(56)49-34-12-10-11-13-35(34)50-44(59)60/h10-13,16-23,27,33,36,40,50,53H,5-9,14-15,24-26H2,1-4H3,(H,46,57)(H,48,54)(H,49,56)(H,51,55)(H,59,60)/t33-,36+,40?/m1/s1. The van der Waals surface area contributed by atoms with Crippen LogP contribution in [0.5, 0.6) is 0 Å². The molecule has 1 aromatic heterocycles. The Balaban J connectivity index is 0.998. The lowest BCUT2D eigenvalue weighted by molar-refractivity contribution is -0.144. The fraction of sp³-hybridized carbons (Fsp3) is 0.400. The van der Waals surface area contributed by atoms with Gasteiger partial charge in [-0.15, -0.1) is 11.3 Å². The van der Waals surface area contributed by atoms with Crippen LogP contribution < -0.4 is 26.6 Å². The summed E-state index contributed by atoms with van der Waals surface area (Å²) < 4.78 is 0. The molecule has 1 unspecified atom stereocenters. The minimum atomic E-state index is -1.25. The van der Waals surface area contributed by atoms with Gasteiger partial charge in [0, 0.05) is 43.6 Å². The molecule has 0 saturated carbocycles. The lowest BCUT2D eigenvalue weighted by atomic mass is 9.85. The van der Waals surface area contributed by atoms with Crippen molar-refractivity contribution >= 4 is 64.0 Å². The third-order valence-corrected chi connectivity index (χ3v) is 11.3. The second kappa shape index (κ2) is 21.4. The van der Waals surface area contributed by atoms with Gasteiger partial charge in [-0.05, 0) is 72.7 Å². The van der Waals surface area contributed by atoms with E-state index in [0.717, 1.165) is 41.0 Å². The maximum Gasteiger partial charge on any atom is 0.409 e. The molecule has 61 heavy (non-hydrogen) atoms. The van der Waals surface area contributed by atoms with Crippen molar-refractivity contribution in [1.29, 1.82) is 0 Å². The molecule has 5 rings (SSSR count). The Hall–Kier alpha value is -6.13. The van der Waals surface area contributed by atoms with Crippen molar-refractivity contribution in [3.05, 3.63) is 95.1 Å². The Morgan fingerprint density at radius 2 is 1.44 bits per heavy atom. The summed E-state index contributed by atoms with van der Waals surface area (Å²) in [6, 6.07) is 18.9. The Kier molecular flexibility index (Phi) is 16.1. The number of amides is 6. The van der Waals surface area contributed by atoms with Crippen molar-refractivity contribution in [3.8, 4) is 10.4 Å². The highest BCUT2D eigenvalue weighted by atomic mass is 32.1. The largest absolute Gasteiger partial charge is 0.465 e. The number of benzene rings is 3. The number of nitrogens with one attached hydrogen (secondary N) is 5. The number of aliphatic hydroxyl groups is 1. The molecule has 0 spiro atoms. The van der Waals surface area contributed by atoms with Crippen LogP contribution in [0.3, 0.4) is 0 Å². The first-order valence-corrected chi connectivity index (χ1v) is 21.3. The first kappa shape index (κ1) is 45.9. The summed E-state index contributed by atoms with van der Waals surface area (Å²) in [6.45, 7) is 7.78. The lowest BCUT2D eigenvalue weighted by Crippen LogP contribution is -2.57. The lowest BCUT2D eigenvalue weighted by Gasteiger charge is -2.35. The average molecular weight is 854 g/mol. The number of thiazole rings is 1. The molecule has 15 nitrogen and oxygen atoms in total. The number of aryl methyl sites for hydroxylation is 1. The third kappa shape index (κ3) is 13.4. The summed E-state index contributed by atoms with van der Waals surface area (Å²) in [5.41, 5.74) is 5.46. The van der Waals surface area contributed by atoms with Gasteiger partial charge in [0.25, 0.3) is 5.91 Å². The second-order valence-corrected chi connectivity index (χ2v) is 17.1. The number of hydrogen-bond acceptors (Lipinski definition) is 9. The third-order valence-electron chi connectivity index (χ3n) is 10.4. The molecule has 1 saturated heterocycles. The molecule has 3 atom stereocenters. The van der Waals surface area contributed by atoms with Crippen LogP contribution in [0.4, 0.5) is 21.9 Å². The van der Waals surface area contributed by atoms with E-state index < -0.39 is 41.5 Å². The molecule has 1 fully saturated rings. The molecular formula is C45H55N7O8S. The number of para-hydroxylation sites is 2. The molecule has 6 amide bonds. The Morgan fingerprint density at radius 1 is 0.820 bits per heavy atom. The van der Waals surface area contributed by atoms with Gasteiger partial charge in [-0.1, -0.05) is 76.4 Å². The Bertz CT molecular complexity index is 2170. The van der Waals surface area contributed by atoms with Gasteiger partial charge in [0.05, 0.1) is 33.6 Å². The highest BCUT2D eigenvalue weighted by Crippen LogP contribution is 2.29. The summed E-state index contributed by atoms with van der Waals surface area (Å²) >= 11 is 1.57. The van der Waals surface area contributed by atoms with E-state index in [0.29, 0.717) is 36.2 Å². The first-order chi connectivity index (χ1) is 29.1. The van der Waals surface area contributed by atoms with Crippen LogP contribution in [0.15, 0.2) is 78.3 Å². The molecule has 4 aromatic rings. The molecule has 324 valence electrons. The van der Waals surface area contributed by atoms with E-state index in [9.17, 15) is 33.9 Å². The van der Waals surface area contributed by atoms with Crippen LogP contribution in [0, 0.1) is 12.3 Å². The van der Waals surface area contributed by atoms with Crippen LogP contribution in [-0.4, -0.2) is 80.5 Å². The second-order valence-electron chi connectivity index (χ2n) is 16.3. The van der Waals surface area contributed by atoms with E-state index in [2.05, 4.69) is 31.6 Å². The monoisotopic (exact) mass is 853 g/mol. The maximum atomic E-state index is 13.9. The van der Waals surface area contributed by atoms with Crippen molar-refractivity contribution in [1.82, 2.24) is 20.5 Å². The molecule has 1 aliphatic rings. The SMILES string of the molecule is Cc1ncsc1-c1ccc(CNC(=O)[C@@H]2C[C@@H](O)CN2C(=O)C(NC(=O)CCCCCCCC(=O)Nc2ccc(C(=O)Nc3ccccc3NC(=O)O)cc2)C(C)(C)C)cc1. The van der Waals surface area contributed by atoms with Gasteiger partial charge in [-0.25, -0.2) is 9.78 Å². The zero-order valence-electron chi connectivity index (χ0n) is 35.0. The summed E-state index contributed by atoms with van der Waals surface area (Å²) in [6.07, 6.45) is 2.13. The molecule has 16 heteroatoms. The highest BCUT2D eigenvalue weighted by molar-refractivity contribution is 7.13. The van der Waals surface area contributed by atoms with E-state index >= 15 is 0 Å². The van der Waals surface area contributed by atoms with Gasteiger partial charge in [-0.3, -0.25) is 29.3 Å². The van der Waals surface area contributed by atoms with Crippen molar-refractivity contribution in [2.24, 2.45) is 5.41 Å². The summed E-state index contributed by atoms with van der Waals surface area (Å²) in [7, 11) is 0. The predicted octanol–water partition coefficient (Wildman–Crippen LogP) is 6.94. The van der Waals surface area contributed by atoms with E-state index in [1.807, 2.05) is 57.5 Å². The van der Waals surface area contributed by atoms with Crippen molar-refractivity contribution in [2.75, 3.05) is 22.5 Å². The van der Waals surface area contributed by atoms with Crippen LogP contribution in [0.25, 0.3) is 10.4 Å². The maximum absolute atomic E-state index is 13.9. The number of unbranched alkanes of at least 4 members (excludes halogenated alkanes) is 4. The number of aliphatic hydroxyl groups excluding tert-OH is 1. The highest BCUT2D eigenvalue weighted by Gasteiger charge is 2.44. The number of carbonyl (C=O) groups excluding carboxylic acids is 5. The molecular weight excluding hydrogens is 799 g/mol. The van der Waals surface area contributed by atoms with Gasteiger partial charge >= 0.3 is 6.09 Å². The molecule has 0 aliphatic carbocycles. The zero-order chi connectivity index (χ0) is 44.1. The zero-order valence-corrected chi connectivity index (χ0v) is 35.8. The predicted molar refractivity (Wildman–Crippen MR) is 235 cm³/mol. The fourth-order valence-electron chi connectivity index (χ4n) is 7.05. The van der Waals surface area contributed by atoms with Crippen molar-refractivity contribution in [2.45, 2.75) is 104 Å². The molecule has 1 aliphatic heterocycles. The number of carbonyl (C=O) groups is 6. The van der Waals surface area contributed by atoms with Gasteiger partial charge in [0.2, 0.25) is 23.6 Å². The van der Waals surface area contributed by atoms with Gasteiger partial charge in [0.15, 0.2) is 0 Å². The smallest absolute Gasteiger partial charge is 0.409 e. The average Bonchev–Trinajstić information content (AvgIpc) is 3.84. The normalized spacial score (nSPS) is 15.4. The van der Waals surface area contributed by atoms with Crippen LogP contribution in [0.2, 0.25) is 0 Å². The number of rotatable bonds is 18. The number of anilines is 3. The van der Waals surface area contributed by atoms with Gasteiger partial charge < -0.3 is 36.4 Å². The topological polar surface area (TPSA) is 219 Å². The van der Waals surface area contributed by atoms with Crippen molar-refractivity contribution in [3.63, 3.8) is 0 Å². The number of nitrogens with zero attached hydrogens (tertiary/aromatic N) is 2. The number of β-amino-alcohol motifs (C(OH)–C–C–N with tert-alkyl or cyclic N) is 1. The first-order valence-electron chi connectivity index (χ1n) is 20.4. The summed E-state index contributed by atoms with van der Waals surface area (Å²) in [5, 5.41) is 33.2. The van der Waals surface area contributed by atoms with E-state index in [4.69, 9.17) is 5.11 Å². The van der Waals surface area contributed by atoms with E-state index in [1.54, 1.807) is 53.8 Å². The molecule has 2 heterocycles. The van der Waals surface area contributed by atoms with Crippen molar-refractivity contribution < 1.29 is 39.0 Å². The fourth-order valence-corrected chi connectivity index (χ4v) is 7.87. The van der Waals surface area contributed by atoms with Crippen LogP contribution >= 0.6 is 11.3 Å². The Labute approximate surface area is 359 Å². The molecule has 0 radical (unpaired) electrons. The number of likely N-dealkylation sites (tertiary alicyclic amines) is 1. The van der Waals surface area contributed by atoms with Gasteiger partial charge in [0.1, 0.15) is 12.1 Å².